The SMILES string of the molecule is C[C@@H](NC(=O)CN(C)Cc1nc2ccccc2c(=O)[nH]1)[C@@H]1C[C@H]2CC[C@H]1C2. The lowest BCUT2D eigenvalue weighted by Crippen LogP contribution is -2.44. The number of H-pyrrole nitrogens is 1. The first-order valence-electron chi connectivity index (χ1n) is 9.95. The molecule has 2 N–H and O–H groups in total. The number of rotatable bonds is 6. The highest BCUT2D eigenvalue weighted by Crippen LogP contribution is 2.49. The number of likely N-dealkylation sites (N-methyl/N-ethyl adjacent to an activating group) is 1. The van der Waals surface area contributed by atoms with Crippen molar-refractivity contribution >= 4 is 16.8 Å². The van der Waals surface area contributed by atoms with E-state index in [0.29, 0.717) is 35.7 Å². The lowest BCUT2D eigenvalue weighted by Gasteiger charge is -2.29. The summed E-state index contributed by atoms with van der Waals surface area (Å²) < 4.78 is 0. The summed E-state index contributed by atoms with van der Waals surface area (Å²) in [6, 6.07) is 7.52. The van der Waals surface area contributed by atoms with Crippen molar-refractivity contribution in [1.82, 2.24) is 20.2 Å². The molecule has 6 nitrogen and oxygen atoms in total. The molecule has 4 atom stereocenters. The zero-order valence-electron chi connectivity index (χ0n) is 16.1. The van der Waals surface area contributed by atoms with Crippen molar-refractivity contribution in [2.45, 2.75) is 45.2 Å². The molecule has 0 saturated heterocycles. The maximum atomic E-state index is 12.5. The zero-order chi connectivity index (χ0) is 19.0. The Bertz CT molecular complexity index is 893. The van der Waals surface area contributed by atoms with Crippen LogP contribution in [-0.4, -0.2) is 40.4 Å². The van der Waals surface area contributed by atoms with Crippen LogP contribution in [0.2, 0.25) is 0 Å². The van der Waals surface area contributed by atoms with Crippen LogP contribution >= 0.6 is 0 Å². The van der Waals surface area contributed by atoms with Gasteiger partial charge in [-0.05, 0) is 63.1 Å². The fourth-order valence-electron chi connectivity index (χ4n) is 5.08. The van der Waals surface area contributed by atoms with E-state index in [-0.39, 0.29) is 17.5 Å². The number of para-hydroxylation sites is 1. The van der Waals surface area contributed by atoms with Crippen LogP contribution in [0.1, 0.15) is 38.4 Å². The van der Waals surface area contributed by atoms with Crippen LogP contribution in [0.3, 0.4) is 0 Å². The van der Waals surface area contributed by atoms with Crippen molar-refractivity contribution < 1.29 is 4.79 Å². The van der Waals surface area contributed by atoms with Gasteiger partial charge in [-0.3, -0.25) is 14.5 Å². The third-order valence-electron chi connectivity index (χ3n) is 6.32. The van der Waals surface area contributed by atoms with Crippen LogP contribution in [0.25, 0.3) is 10.9 Å². The van der Waals surface area contributed by atoms with Crippen molar-refractivity contribution in [3.05, 3.63) is 40.4 Å². The molecule has 0 aliphatic heterocycles. The first kappa shape index (κ1) is 18.2. The number of benzene rings is 1. The topological polar surface area (TPSA) is 78.1 Å². The summed E-state index contributed by atoms with van der Waals surface area (Å²) >= 11 is 0. The van der Waals surface area contributed by atoms with E-state index in [1.54, 1.807) is 6.07 Å². The smallest absolute Gasteiger partial charge is 0.258 e. The first-order valence-corrected chi connectivity index (χ1v) is 9.95. The summed E-state index contributed by atoms with van der Waals surface area (Å²) in [5.74, 6) is 2.94. The highest BCUT2D eigenvalue weighted by Gasteiger charge is 2.42. The van der Waals surface area contributed by atoms with Crippen molar-refractivity contribution in [3.8, 4) is 0 Å². The Hall–Kier alpha value is -2.21. The molecule has 2 fully saturated rings. The molecule has 144 valence electrons. The number of fused-ring (bicyclic) bond motifs is 3. The second-order valence-corrected chi connectivity index (χ2v) is 8.40. The molecule has 1 amide bonds. The molecule has 0 spiro atoms. The van der Waals surface area contributed by atoms with E-state index < -0.39 is 0 Å². The van der Waals surface area contributed by atoms with E-state index in [9.17, 15) is 9.59 Å². The molecule has 2 aliphatic rings. The Morgan fingerprint density at radius 1 is 1.33 bits per heavy atom. The maximum Gasteiger partial charge on any atom is 0.258 e. The van der Waals surface area contributed by atoms with E-state index in [4.69, 9.17) is 0 Å². The number of aromatic amines is 1. The van der Waals surface area contributed by atoms with Crippen molar-refractivity contribution in [1.29, 1.82) is 0 Å². The number of aromatic nitrogens is 2. The molecular weight excluding hydrogens is 340 g/mol. The number of nitrogens with one attached hydrogen (secondary N) is 2. The van der Waals surface area contributed by atoms with Gasteiger partial charge in [0.2, 0.25) is 5.91 Å². The summed E-state index contributed by atoms with van der Waals surface area (Å²) in [5, 5.41) is 3.78. The molecule has 0 radical (unpaired) electrons. The summed E-state index contributed by atoms with van der Waals surface area (Å²) in [7, 11) is 1.87. The Labute approximate surface area is 159 Å². The van der Waals surface area contributed by atoms with Crippen molar-refractivity contribution in [2.24, 2.45) is 17.8 Å². The molecule has 1 aromatic heterocycles. The highest BCUT2D eigenvalue weighted by atomic mass is 16.2. The average molecular weight is 368 g/mol. The maximum absolute atomic E-state index is 12.5. The third-order valence-corrected chi connectivity index (χ3v) is 6.32. The minimum atomic E-state index is -0.140. The number of hydrogen-bond donors (Lipinski definition) is 2. The Morgan fingerprint density at radius 2 is 2.15 bits per heavy atom. The monoisotopic (exact) mass is 368 g/mol. The standard InChI is InChI=1S/C21H28N4O2/c1-13(17-10-14-7-8-15(17)9-14)22-20(26)12-25(2)11-19-23-18-6-4-3-5-16(18)21(27)24-19/h3-6,13-15,17H,7-12H2,1-2H3,(H,22,26)(H,23,24,27)/t13-,14+,15+,17+/m1/s1. The molecule has 27 heavy (non-hydrogen) atoms. The Balaban J connectivity index is 1.33. The number of nitrogens with zero attached hydrogens (tertiary/aromatic N) is 2. The number of carbonyl (C=O) groups is 1. The van der Waals surface area contributed by atoms with Crippen LogP contribution in [0.5, 0.6) is 0 Å². The predicted molar refractivity (Wildman–Crippen MR) is 105 cm³/mol. The quantitative estimate of drug-likeness (QED) is 0.820. The molecule has 0 unspecified atom stereocenters. The largest absolute Gasteiger partial charge is 0.352 e. The summed E-state index contributed by atoms with van der Waals surface area (Å²) in [6.07, 6.45) is 5.33. The van der Waals surface area contributed by atoms with Gasteiger partial charge in [-0.2, -0.15) is 0 Å². The third kappa shape index (κ3) is 3.90. The molecule has 2 saturated carbocycles. The van der Waals surface area contributed by atoms with E-state index >= 15 is 0 Å². The molecule has 2 bridgehead atoms. The molecule has 1 aromatic carbocycles. The fourth-order valence-corrected chi connectivity index (χ4v) is 5.08. The Morgan fingerprint density at radius 3 is 2.89 bits per heavy atom. The first-order chi connectivity index (χ1) is 13.0. The second kappa shape index (κ2) is 7.43. The van der Waals surface area contributed by atoms with E-state index in [2.05, 4.69) is 22.2 Å². The van der Waals surface area contributed by atoms with Gasteiger partial charge >= 0.3 is 0 Å². The number of amides is 1. The number of hydrogen-bond acceptors (Lipinski definition) is 4. The van der Waals surface area contributed by atoms with Gasteiger partial charge in [0.1, 0.15) is 5.82 Å². The van der Waals surface area contributed by atoms with Gasteiger partial charge in [-0.25, -0.2) is 4.98 Å². The summed E-state index contributed by atoms with van der Waals surface area (Å²) in [6.45, 7) is 2.86. The fraction of sp³-hybridized carbons (Fsp3) is 0.571. The lowest BCUT2D eigenvalue weighted by molar-refractivity contribution is -0.123. The van der Waals surface area contributed by atoms with Gasteiger partial charge in [-0.15, -0.1) is 0 Å². The van der Waals surface area contributed by atoms with E-state index in [1.165, 1.54) is 25.7 Å². The highest BCUT2D eigenvalue weighted by molar-refractivity contribution is 5.78. The normalized spacial score (nSPS) is 25.2. The predicted octanol–water partition coefficient (Wildman–Crippen LogP) is 2.30. The van der Waals surface area contributed by atoms with Crippen LogP contribution < -0.4 is 10.9 Å². The molecule has 4 rings (SSSR count). The molecule has 2 aliphatic carbocycles. The summed E-state index contributed by atoms with van der Waals surface area (Å²) in [4.78, 5) is 33.8. The Kier molecular flexibility index (Phi) is 5.00. The number of carbonyl (C=O) groups excluding carboxylic acids is 1. The van der Waals surface area contributed by atoms with Gasteiger partial charge in [0.15, 0.2) is 0 Å². The van der Waals surface area contributed by atoms with Gasteiger partial charge in [0.05, 0.1) is 24.0 Å². The van der Waals surface area contributed by atoms with Crippen LogP contribution in [0.15, 0.2) is 29.1 Å². The van der Waals surface area contributed by atoms with Gasteiger partial charge < -0.3 is 10.3 Å². The van der Waals surface area contributed by atoms with Crippen LogP contribution in [-0.2, 0) is 11.3 Å². The molecule has 1 heterocycles. The lowest BCUT2D eigenvalue weighted by atomic mass is 9.84. The van der Waals surface area contributed by atoms with Gasteiger partial charge in [-0.1, -0.05) is 18.6 Å². The minimum absolute atomic E-state index is 0.0379. The van der Waals surface area contributed by atoms with Crippen molar-refractivity contribution in [3.63, 3.8) is 0 Å². The van der Waals surface area contributed by atoms with E-state index in [1.807, 2.05) is 30.1 Å². The zero-order valence-corrected chi connectivity index (χ0v) is 16.1. The molecule has 2 aromatic rings. The molecular formula is C21H28N4O2. The second-order valence-electron chi connectivity index (χ2n) is 8.40. The van der Waals surface area contributed by atoms with Gasteiger partial charge in [0, 0.05) is 6.04 Å². The van der Waals surface area contributed by atoms with Crippen LogP contribution in [0, 0.1) is 17.8 Å². The van der Waals surface area contributed by atoms with E-state index in [0.717, 1.165) is 11.8 Å². The van der Waals surface area contributed by atoms with Crippen molar-refractivity contribution in [2.75, 3.05) is 13.6 Å². The minimum Gasteiger partial charge on any atom is -0.352 e. The summed E-state index contributed by atoms with van der Waals surface area (Å²) in [5.41, 5.74) is 0.539. The molecule has 6 heteroatoms. The van der Waals surface area contributed by atoms with Gasteiger partial charge in [0.25, 0.3) is 5.56 Å². The van der Waals surface area contributed by atoms with Crippen LogP contribution in [0.4, 0.5) is 0 Å². The average Bonchev–Trinajstić information content (AvgIpc) is 3.24.